The van der Waals surface area contributed by atoms with Crippen molar-refractivity contribution < 1.29 is 5.11 Å². The average molecular weight is 1220 g/mol. The van der Waals surface area contributed by atoms with Crippen molar-refractivity contribution in [3.05, 3.63) is 34.4 Å². The maximum atomic E-state index is 13.6. The van der Waals surface area contributed by atoms with E-state index in [-0.39, 0.29) is 0 Å². The number of halogens is 27. The fourth-order valence-corrected chi connectivity index (χ4v) is 10.2. The molecule has 1 radical (unpaired) electrons. The molecule has 0 amide bonds. The highest BCUT2D eigenvalue weighted by Crippen LogP contribution is 2.71. The van der Waals surface area contributed by atoms with Gasteiger partial charge in [-0.25, -0.2) is 5.11 Å². The number of alkyl halides is 27. The van der Waals surface area contributed by atoms with Crippen molar-refractivity contribution >= 4 is 313 Å². The van der Waals surface area contributed by atoms with Crippen molar-refractivity contribution in [1.82, 2.24) is 0 Å². The average Bonchev–Trinajstić information content (AvgIpc) is 2.84. The van der Waals surface area contributed by atoms with Crippen molar-refractivity contribution in [1.29, 1.82) is 0 Å². The summed E-state index contributed by atoms with van der Waals surface area (Å²) < 4.78 is -35.2. The maximum absolute atomic E-state index is 13.6. The van der Waals surface area contributed by atoms with Crippen LogP contribution < -0.4 is 0 Å². The Labute approximate surface area is 410 Å². The Morgan fingerprint density at radius 2 is 0.583 bits per heavy atom. The summed E-state index contributed by atoms with van der Waals surface area (Å²) in [5.74, 6) is 0. The molecule has 0 saturated heterocycles. The molecular formula is C20H6Cl27O. The summed E-state index contributed by atoms with van der Waals surface area (Å²) in [5, 5.41) is 13.6. The standard InChI is InChI=1S/C20H6Cl27O/c1-4(48)8-6(10(23,24)13(29,30)16(35,36)19(42,43)44)2-5(9(21,22)12(27,28)15(33,34)18(39,40)41)3-7(8)11(25,26)14(31,32)17(37,38)20(45,46)47/h2-4H,1H3. The molecular weight excluding hydrogens is 1210 g/mol. The first kappa shape index (κ1) is 53.0. The normalized spacial score (nSPS) is 16.8. The first-order valence-corrected chi connectivity index (χ1v) is 21.1. The zero-order valence-corrected chi connectivity index (χ0v) is 41.8. The molecule has 48 heavy (non-hydrogen) atoms. The summed E-state index contributed by atoms with van der Waals surface area (Å²) in [6.07, 6.45) is -2.06. The summed E-state index contributed by atoms with van der Waals surface area (Å²) in [7, 11) is 0. The molecule has 0 spiro atoms. The molecule has 1 aromatic carbocycles. The fourth-order valence-electron chi connectivity index (χ4n) is 3.44. The minimum absolute atomic E-state index is 0.665. The van der Waals surface area contributed by atoms with Crippen LogP contribution in [0.2, 0.25) is 0 Å². The van der Waals surface area contributed by atoms with Gasteiger partial charge in [0.05, 0.1) is 0 Å². The quantitative estimate of drug-likeness (QED) is 0.208. The Morgan fingerprint density at radius 1 is 0.375 bits per heavy atom. The van der Waals surface area contributed by atoms with Crippen LogP contribution in [0, 0.1) is 0 Å². The lowest BCUT2D eigenvalue weighted by molar-refractivity contribution is 0.104. The van der Waals surface area contributed by atoms with Crippen LogP contribution in [-0.2, 0) is 18.1 Å². The monoisotopic (exact) mass is 1210 g/mol. The predicted molar refractivity (Wildman–Crippen MR) is 223 cm³/mol. The molecule has 1 rings (SSSR count). The molecule has 0 aliphatic rings. The lowest BCUT2D eigenvalue weighted by Crippen LogP contribution is -2.57. The van der Waals surface area contributed by atoms with E-state index in [1.165, 1.54) is 0 Å². The Hall–Kier alpha value is 7.01. The second-order valence-corrected chi connectivity index (χ2v) is 28.1. The third kappa shape index (κ3) is 9.03. The second-order valence-electron chi connectivity index (χ2n) is 9.29. The number of rotatable bonds is 10. The molecule has 0 N–H and O–H groups in total. The van der Waals surface area contributed by atoms with Crippen LogP contribution in [0.4, 0.5) is 0 Å². The Kier molecular flexibility index (Phi) is 18.2. The third-order valence-electron chi connectivity index (χ3n) is 6.06. The summed E-state index contributed by atoms with van der Waals surface area (Å²) in [4.78, 5) is 0. The van der Waals surface area contributed by atoms with Gasteiger partial charge in [-0.05, 0) is 41.3 Å². The molecule has 1 atom stereocenters. The van der Waals surface area contributed by atoms with E-state index in [2.05, 4.69) is 0 Å². The van der Waals surface area contributed by atoms with E-state index in [9.17, 15) is 5.11 Å². The van der Waals surface area contributed by atoms with Gasteiger partial charge in [0.25, 0.3) is 0 Å². The molecule has 281 valence electrons. The number of hydrogen-bond donors (Lipinski definition) is 0. The minimum atomic E-state index is -3.07. The molecule has 0 saturated carbocycles. The summed E-state index contributed by atoms with van der Waals surface area (Å²) >= 11 is 171. The van der Waals surface area contributed by atoms with Gasteiger partial charge in [-0.1, -0.05) is 313 Å². The highest BCUT2D eigenvalue weighted by molar-refractivity contribution is 6.82. The van der Waals surface area contributed by atoms with Crippen LogP contribution in [0.25, 0.3) is 0 Å². The first-order chi connectivity index (χ1) is 20.4. The Morgan fingerprint density at radius 3 is 0.771 bits per heavy atom. The smallest absolute Gasteiger partial charge is 0.226 e. The zero-order chi connectivity index (χ0) is 39.3. The van der Waals surface area contributed by atoms with Crippen LogP contribution in [-0.4, -0.2) is 37.4 Å². The molecule has 0 bridgehead atoms. The van der Waals surface area contributed by atoms with Gasteiger partial charge in [-0.2, -0.15) is 0 Å². The van der Waals surface area contributed by atoms with Crippen LogP contribution in [0.15, 0.2) is 12.1 Å². The van der Waals surface area contributed by atoms with Crippen molar-refractivity contribution in [2.24, 2.45) is 0 Å². The molecule has 0 fully saturated rings. The van der Waals surface area contributed by atoms with Crippen LogP contribution >= 0.6 is 313 Å². The van der Waals surface area contributed by atoms with E-state index >= 15 is 0 Å². The highest BCUT2D eigenvalue weighted by Gasteiger charge is 2.73. The first-order valence-electron chi connectivity index (χ1n) is 10.9. The van der Waals surface area contributed by atoms with Gasteiger partial charge >= 0.3 is 0 Å². The van der Waals surface area contributed by atoms with Crippen LogP contribution in [0.5, 0.6) is 0 Å². The van der Waals surface area contributed by atoms with Crippen LogP contribution in [0.3, 0.4) is 0 Å². The molecule has 0 aromatic heterocycles. The van der Waals surface area contributed by atoms with Gasteiger partial charge in [0.1, 0.15) is 6.10 Å². The molecule has 1 nitrogen and oxygen atoms in total. The van der Waals surface area contributed by atoms with Crippen molar-refractivity contribution in [3.63, 3.8) is 0 Å². The minimum Gasteiger partial charge on any atom is -0.228 e. The van der Waals surface area contributed by atoms with Gasteiger partial charge < -0.3 is 0 Å². The number of benzene rings is 1. The van der Waals surface area contributed by atoms with Gasteiger partial charge in [0, 0.05) is 0 Å². The van der Waals surface area contributed by atoms with E-state index in [1.807, 2.05) is 0 Å². The molecule has 0 heterocycles. The molecule has 0 aliphatic carbocycles. The SMILES string of the molecule is CC([O])c1c(C(Cl)(Cl)C(Cl)(Cl)C(Cl)(Cl)C(Cl)(Cl)Cl)cc(C(Cl)(Cl)C(Cl)(Cl)C(Cl)(Cl)C(Cl)(Cl)Cl)cc1C(Cl)(Cl)C(Cl)(Cl)C(Cl)(Cl)C(Cl)(Cl)Cl. The molecule has 1 unspecified atom stereocenters. The predicted octanol–water partition coefficient (Wildman–Crippen LogP) is 18.2. The highest BCUT2D eigenvalue weighted by atomic mass is 35.6. The van der Waals surface area contributed by atoms with E-state index in [1.54, 1.807) is 0 Å². The van der Waals surface area contributed by atoms with Crippen molar-refractivity contribution in [3.8, 4) is 0 Å². The van der Waals surface area contributed by atoms with Gasteiger partial charge in [-0.3, -0.25) is 0 Å². The second kappa shape index (κ2) is 16.5. The lowest BCUT2D eigenvalue weighted by Gasteiger charge is -2.48. The topological polar surface area (TPSA) is 19.9 Å². The molecule has 28 heteroatoms. The van der Waals surface area contributed by atoms with Gasteiger partial charge in [0.2, 0.25) is 24.4 Å². The van der Waals surface area contributed by atoms with Crippen molar-refractivity contribution in [2.45, 2.75) is 63.4 Å². The van der Waals surface area contributed by atoms with E-state index < -0.39 is 78.7 Å². The largest absolute Gasteiger partial charge is 0.228 e. The van der Waals surface area contributed by atoms with Gasteiger partial charge in [-0.15, -0.1) is 0 Å². The van der Waals surface area contributed by atoms with E-state index in [0.29, 0.717) is 0 Å². The maximum Gasteiger partial charge on any atom is 0.226 e. The summed E-state index contributed by atoms with van der Waals surface area (Å²) in [6, 6.07) is 1.60. The van der Waals surface area contributed by atoms with Crippen LogP contribution in [0.1, 0.15) is 35.3 Å². The third-order valence-corrected chi connectivity index (χ3v) is 22.4. The zero-order valence-electron chi connectivity index (χ0n) is 21.3. The lowest BCUT2D eigenvalue weighted by atomic mass is 9.86. The fraction of sp³-hybridized carbons (Fsp3) is 0.700. The molecule has 1 aromatic rings. The molecule has 0 aliphatic heterocycles. The van der Waals surface area contributed by atoms with E-state index in [0.717, 1.165) is 19.1 Å². The number of hydrogen-bond acceptors (Lipinski definition) is 0. The Balaban J connectivity index is 4.77. The Bertz CT molecular complexity index is 1270. The van der Waals surface area contributed by atoms with E-state index in [4.69, 9.17) is 313 Å². The van der Waals surface area contributed by atoms with Gasteiger partial charge in [0.15, 0.2) is 26.0 Å². The van der Waals surface area contributed by atoms with Crippen molar-refractivity contribution in [2.75, 3.05) is 0 Å². The summed E-state index contributed by atoms with van der Waals surface area (Å²) in [6.45, 7) is 0.991. The summed E-state index contributed by atoms with van der Waals surface area (Å²) in [5.41, 5.74) is -2.90.